The van der Waals surface area contributed by atoms with Crippen LogP contribution in [0.4, 0.5) is 0 Å². The number of aliphatic carboxylic acids is 2. The van der Waals surface area contributed by atoms with Gasteiger partial charge in [0.15, 0.2) is 0 Å². The third kappa shape index (κ3) is 26.2. The molecule has 0 saturated heterocycles. The van der Waals surface area contributed by atoms with Crippen molar-refractivity contribution in [3.8, 4) is 0 Å². The van der Waals surface area contributed by atoms with E-state index in [0.717, 1.165) is 57.8 Å². The molecule has 0 spiro atoms. The van der Waals surface area contributed by atoms with Gasteiger partial charge in [-0.15, -0.1) is 0 Å². The molecule has 2 atom stereocenters. The lowest BCUT2D eigenvalue weighted by molar-refractivity contribution is -0.137. The van der Waals surface area contributed by atoms with Crippen LogP contribution in [0.25, 0.3) is 0 Å². The summed E-state index contributed by atoms with van der Waals surface area (Å²) in [6.45, 7) is 14.6. The third-order valence-electron chi connectivity index (χ3n) is 4.90. The Morgan fingerprint density at radius 3 is 1.28 bits per heavy atom. The molecule has 39 heavy (non-hydrogen) atoms. The van der Waals surface area contributed by atoms with E-state index in [1.807, 2.05) is 13.8 Å². The average molecular weight is 671 g/mol. The average Bonchev–Trinajstić information content (AvgIpc) is 2.84. The topological polar surface area (TPSA) is 112 Å². The molecule has 0 aromatic heterocycles. The summed E-state index contributed by atoms with van der Waals surface area (Å²) < 4.78 is 23.1. The smallest absolute Gasteiger partial charge is 0.304 e. The van der Waals surface area contributed by atoms with E-state index >= 15 is 0 Å². The Morgan fingerprint density at radius 1 is 0.667 bits per heavy atom. The highest BCUT2D eigenvalue weighted by molar-refractivity contribution is 8.68. The molecule has 0 amide bonds. The predicted molar refractivity (Wildman–Crippen MR) is 175 cm³/mol. The molecule has 0 saturated carbocycles. The van der Waals surface area contributed by atoms with E-state index in [9.17, 15) is 9.59 Å². The normalized spacial score (nSPS) is 13.4. The van der Waals surface area contributed by atoms with Gasteiger partial charge in [-0.3, -0.25) is 9.59 Å². The number of carboxylic acid groups (broad SMARTS) is 2. The molecular weight excluding hydrogens is 618 g/mol. The van der Waals surface area contributed by atoms with Crippen LogP contribution in [0.3, 0.4) is 0 Å². The van der Waals surface area contributed by atoms with Gasteiger partial charge >= 0.3 is 11.9 Å². The van der Waals surface area contributed by atoms with Gasteiger partial charge in [-0.1, -0.05) is 90.0 Å². The summed E-state index contributed by atoms with van der Waals surface area (Å²) in [7, 11) is 0. The van der Waals surface area contributed by atoms with E-state index in [-0.39, 0.29) is 23.3 Å². The van der Waals surface area contributed by atoms with Crippen LogP contribution in [0, 0.1) is 0 Å². The first kappa shape index (κ1) is 41.9. The van der Waals surface area contributed by atoms with Crippen LogP contribution in [0.1, 0.15) is 112 Å². The second-order valence-corrected chi connectivity index (χ2v) is 22.0. The molecule has 0 rings (SSSR count). The Hall–Kier alpha value is 0.780. The molecule has 234 valence electrons. The summed E-state index contributed by atoms with van der Waals surface area (Å²) in [5.74, 6) is -1.61. The van der Waals surface area contributed by atoms with E-state index in [1.54, 1.807) is 0 Å². The molecular formula is C25H52O8P2S4. The van der Waals surface area contributed by atoms with Crippen LogP contribution >= 0.6 is 34.2 Å². The van der Waals surface area contributed by atoms with Gasteiger partial charge in [0, 0.05) is 10.5 Å². The number of rotatable bonds is 25. The zero-order valence-electron chi connectivity index (χ0n) is 24.6. The minimum absolute atomic E-state index is 0.0402. The van der Waals surface area contributed by atoms with E-state index in [0.29, 0.717) is 26.4 Å². The number of carboxylic acids is 2. The molecule has 0 aromatic carbocycles. The van der Waals surface area contributed by atoms with Crippen molar-refractivity contribution in [3.63, 3.8) is 0 Å². The minimum Gasteiger partial charge on any atom is -0.481 e. The quantitative estimate of drug-likeness (QED) is 0.0713. The van der Waals surface area contributed by atoms with Crippen molar-refractivity contribution in [3.05, 3.63) is 0 Å². The Kier molecular flexibility index (Phi) is 28.4. The predicted octanol–water partition coefficient (Wildman–Crippen LogP) is 9.27. The molecule has 0 bridgehead atoms. The zero-order valence-corrected chi connectivity index (χ0v) is 29.7. The van der Waals surface area contributed by atoms with Gasteiger partial charge in [0.05, 0.1) is 39.3 Å². The van der Waals surface area contributed by atoms with Crippen molar-refractivity contribution in [2.75, 3.05) is 26.4 Å². The molecule has 0 fully saturated rings. The molecule has 14 heteroatoms. The van der Waals surface area contributed by atoms with Crippen LogP contribution in [0.15, 0.2) is 0 Å². The molecule has 0 aliphatic heterocycles. The van der Waals surface area contributed by atoms with Crippen LogP contribution < -0.4 is 0 Å². The van der Waals surface area contributed by atoms with Gasteiger partial charge in [-0.05, 0) is 55.7 Å². The highest BCUT2D eigenvalue weighted by atomic mass is 32.9. The maximum Gasteiger partial charge on any atom is 0.304 e. The third-order valence-corrected chi connectivity index (χ3v) is 16.3. The monoisotopic (exact) mass is 670 g/mol. The van der Waals surface area contributed by atoms with Gasteiger partial charge < -0.3 is 28.3 Å². The Morgan fingerprint density at radius 2 is 1.00 bits per heavy atom. The molecule has 0 heterocycles. The van der Waals surface area contributed by atoms with Crippen LogP contribution in [0.2, 0.25) is 0 Å². The number of unbranched alkanes of at least 4 members (excludes halogenated alkanes) is 4. The van der Waals surface area contributed by atoms with Crippen molar-refractivity contribution >= 4 is 69.7 Å². The lowest BCUT2D eigenvalue weighted by atomic mass is 10.2. The van der Waals surface area contributed by atoms with Crippen LogP contribution in [-0.4, -0.2) is 59.1 Å². The van der Waals surface area contributed by atoms with Crippen LogP contribution in [-0.2, 0) is 51.3 Å². The summed E-state index contributed by atoms with van der Waals surface area (Å²) in [4.78, 5) is 21.6. The lowest BCUT2D eigenvalue weighted by Gasteiger charge is -2.25. The van der Waals surface area contributed by atoms with Crippen molar-refractivity contribution < 1.29 is 37.9 Å². The van der Waals surface area contributed by atoms with Crippen molar-refractivity contribution in [2.24, 2.45) is 0 Å². The largest absolute Gasteiger partial charge is 0.481 e. The van der Waals surface area contributed by atoms with Crippen molar-refractivity contribution in [1.29, 1.82) is 0 Å². The fraction of sp³-hybridized carbons (Fsp3) is 0.920. The number of hydrogen-bond acceptors (Lipinski definition) is 10. The molecule has 0 radical (unpaired) electrons. The summed E-state index contributed by atoms with van der Waals surface area (Å²) in [5, 5.41) is 17.6. The molecule has 8 nitrogen and oxygen atoms in total. The lowest BCUT2D eigenvalue weighted by Crippen LogP contribution is -2.10. The van der Waals surface area contributed by atoms with E-state index < -0.39 is 23.3 Å². The Bertz CT molecular complexity index is 702. The highest BCUT2D eigenvalue weighted by Gasteiger charge is 2.27. The molecule has 2 N–H and O–H groups in total. The first-order valence-electron chi connectivity index (χ1n) is 14.0. The molecule has 0 aliphatic rings. The summed E-state index contributed by atoms with van der Waals surface area (Å²) >= 11 is 13.9. The summed E-state index contributed by atoms with van der Waals surface area (Å²) in [5.41, 5.74) is -4.83. The Labute approximate surface area is 255 Å². The summed E-state index contributed by atoms with van der Waals surface area (Å²) in [6.07, 6.45) is 8.90. The van der Waals surface area contributed by atoms with Gasteiger partial charge in [0.25, 0.3) is 0 Å². The van der Waals surface area contributed by atoms with Gasteiger partial charge in [0.2, 0.25) is 11.4 Å². The molecule has 0 aromatic rings. The first-order chi connectivity index (χ1) is 18.4. The van der Waals surface area contributed by atoms with E-state index in [1.165, 1.54) is 22.8 Å². The van der Waals surface area contributed by atoms with E-state index in [4.69, 9.17) is 51.9 Å². The SMILES string of the molecule is CCCCOP(=S)(OCCCC)SC(C)CC(=O)O.CCCCOP(=S)(OCCCC)SC(CC)CC(=O)O. The standard InChI is InChI=1S/C13H27O4PS2.C12H25O4PS2/c1-4-7-9-16-18(19,17-10-8-5-2)20-12(6-3)11-13(14)15;1-4-6-8-15-17(18,16-9-7-5-2)19-11(3)10-12(13)14/h12H,4-11H2,1-3H3,(H,14,15);11H,4-10H2,1-3H3,(H,13,14). The van der Waals surface area contributed by atoms with Crippen LogP contribution in [0.5, 0.6) is 0 Å². The zero-order chi connectivity index (χ0) is 30.2. The van der Waals surface area contributed by atoms with Crippen molar-refractivity contribution in [1.82, 2.24) is 0 Å². The number of hydrogen-bond donors (Lipinski definition) is 2. The fourth-order valence-corrected chi connectivity index (χ4v) is 14.1. The molecule has 0 aliphatic carbocycles. The van der Waals surface area contributed by atoms with Gasteiger partial charge in [-0.2, -0.15) is 0 Å². The Balaban J connectivity index is 0. The van der Waals surface area contributed by atoms with Gasteiger partial charge in [0.1, 0.15) is 0 Å². The number of carbonyl (C=O) groups is 2. The fourth-order valence-electron chi connectivity index (χ4n) is 2.62. The second kappa shape index (κ2) is 26.4. The highest BCUT2D eigenvalue weighted by Crippen LogP contribution is 2.64. The first-order valence-corrected chi connectivity index (χ1v) is 22.2. The molecule has 2 unspecified atom stereocenters. The minimum atomic E-state index is -2.42. The van der Waals surface area contributed by atoms with Gasteiger partial charge in [-0.25, -0.2) is 0 Å². The maximum atomic E-state index is 10.9. The van der Waals surface area contributed by atoms with Crippen molar-refractivity contribution in [2.45, 2.75) is 123 Å². The van der Waals surface area contributed by atoms with E-state index in [2.05, 4.69) is 27.7 Å². The maximum absolute atomic E-state index is 10.9. The second-order valence-electron chi connectivity index (χ2n) is 8.89. The summed E-state index contributed by atoms with van der Waals surface area (Å²) in [6, 6.07) is 0.